The average Bonchev–Trinajstić information content (AvgIpc) is 2.85. The van der Waals surface area contributed by atoms with Gasteiger partial charge in [-0.15, -0.1) is 0 Å². The summed E-state index contributed by atoms with van der Waals surface area (Å²) in [5.74, 6) is -2.27. The highest BCUT2D eigenvalue weighted by Crippen LogP contribution is 2.44. The van der Waals surface area contributed by atoms with Gasteiger partial charge in [0.25, 0.3) is 0 Å². The number of benzene rings is 1. The standard InChI is InChI=1S/C13H10ClNO4/c14-9-4-7(3-6-1-2-19-10(6)9)11(16)13(15)5-8(13)12(17)18/h1-4,8H,5,15H2,(H,17,18)/t8-,13-/m1/s1. The molecule has 6 heteroatoms. The molecule has 1 heterocycles. The summed E-state index contributed by atoms with van der Waals surface area (Å²) in [6.07, 6.45) is 1.63. The first kappa shape index (κ1) is 12.2. The first-order valence-corrected chi connectivity index (χ1v) is 6.04. The number of carboxylic acid groups (broad SMARTS) is 1. The van der Waals surface area contributed by atoms with Gasteiger partial charge in [-0.3, -0.25) is 9.59 Å². The van der Waals surface area contributed by atoms with Crippen LogP contribution in [0.3, 0.4) is 0 Å². The Labute approximate surface area is 112 Å². The number of Topliss-reactive ketones (excluding diaryl/α,β-unsaturated/α-hetero) is 1. The van der Waals surface area contributed by atoms with E-state index >= 15 is 0 Å². The van der Waals surface area contributed by atoms with Crippen LogP contribution in [-0.4, -0.2) is 22.4 Å². The molecule has 3 N–H and O–H groups in total. The molecule has 0 spiro atoms. The van der Waals surface area contributed by atoms with Crippen LogP contribution in [0.25, 0.3) is 11.0 Å². The Morgan fingerprint density at radius 3 is 2.84 bits per heavy atom. The zero-order valence-corrected chi connectivity index (χ0v) is 10.5. The maximum atomic E-state index is 12.3. The molecule has 2 atom stereocenters. The third kappa shape index (κ3) is 1.74. The highest BCUT2D eigenvalue weighted by molar-refractivity contribution is 6.35. The van der Waals surface area contributed by atoms with Crippen molar-refractivity contribution < 1.29 is 19.1 Å². The number of fused-ring (bicyclic) bond motifs is 1. The fraction of sp³-hybridized carbons (Fsp3) is 0.231. The molecular formula is C13H10ClNO4. The highest BCUT2D eigenvalue weighted by Gasteiger charge is 2.61. The Morgan fingerprint density at radius 2 is 2.21 bits per heavy atom. The highest BCUT2D eigenvalue weighted by atomic mass is 35.5. The van der Waals surface area contributed by atoms with Crippen LogP contribution in [-0.2, 0) is 4.79 Å². The summed E-state index contributed by atoms with van der Waals surface area (Å²) in [4.78, 5) is 23.2. The lowest BCUT2D eigenvalue weighted by Crippen LogP contribution is -2.37. The van der Waals surface area contributed by atoms with E-state index < -0.39 is 23.2 Å². The molecule has 1 saturated carbocycles. The normalized spacial score (nSPS) is 25.5. The molecule has 2 aromatic rings. The second-order valence-electron chi connectivity index (χ2n) is 4.76. The van der Waals surface area contributed by atoms with Crippen molar-refractivity contribution in [3.05, 3.63) is 35.0 Å². The van der Waals surface area contributed by atoms with E-state index in [0.29, 0.717) is 21.6 Å². The zero-order chi connectivity index (χ0) is 13.8. The number of carboxylic acids is 1. The number of aliphatic carboxylic acids is 1. The molecule has 0 amide bonds. The van der Waals surface area contributed by atoms with Gasteiger partial charge < -0.3 is 15.3 Å². The fourth-order valence-corrected chi connectivity index (χ4v) is 2.55. The van der Waals surface area contributed by atoms with Gasteiger partial charge in [-0.1, -0.05) is 11.6 Å². The van der Waals surface area contributed by atoms with Crippen molar-refractivity contribution in [1.29, 1.82) is 0 Å². The molecule has 0 aliphatic heterocycles. The summed E-state index contributed by atoms with van der Waals surface area (Å²) in [6.45, 7) is 0. The van der Waals surface area contributed by atoms with Crippen molar-refractivity contribution >= 4 is 34.3 Å². The smallest absolute Gasteiger partial charge is 0.308 e. The fourth-order valence-electron chi connectivity index (χ4n) is 2.28. The van der Waals surface area contributed by atoms with E-state index in [1.54, 1.807) is 12.1 Å². The van der Waals surface area contributed by atoms with Crippen LogP contribution in [0.15, 0.2) is 28.9 Å². The van der Waals surface area contributed by atoms with Crippen LogP contribution in [0.4, 0.5) is 0 Å². The Balaban J connectivity index is 2.01. The van der Waals surface area contributed by atoms with Gasteiger partial charge in [-0.2, -0.15) is 0 Å². The van der Waals surface area contributed by atoms with Gasteiger partial charge in [0.1, 0.15) is 0 Å². The van der Waals surface area contributed by atoms with Crippen LogP contribution in [0.2, 0.25) is 5.02 Å². The number of furan rings is 1. The molecule has 1 fully saturated rings. The van der Waals surface area contributed by atoms with Crippen molar-refractivity contribution in [2.75, 3.05) is 0 Å². The summed E-state index contributed by atoms with van der Waals surface area (Å²) >= 11 is 6.01. The van der Waals surface area contributed by atoms with Gasteiger partial charge in [0.05, 0.1) is 22.7 Å². The zero-order valence-electron chi connectivity index (χ0n) is 9.72. The molecule has 0 saturated heterocycles. The van der Waals surface area contributed by atoms with Crippen LogP contribution >= 0.6 is 11.6 Å². The first-order valence-electron chi connectivity index (χ1n) is 5.67. The SMILES string of the molecule is N[C@]1(C(=O)c2cc(Cl)c3occc3c2)C[C@@H]1C(=O)O. The van der Waals surface area contributed by atoms with Gasteiger partial charge in [0, 0.05) is 10.9 Å². The number of halogens is 1. The third-order valence-electron chi connectivity index (χ3n) is 3.49. The van der Waals surface area contributed by atoms with Crippen molar-refractivity contribution in [1.82, 2.24) is 0 Å². The van der Waals surface area contributed by atoms with Crippen LogP contribution in [0.1, 0.15) is 16.8 Å². The number of ketones is 1. The minimum absolute atomic E-state index is 0.155. The van der Waals surface area contributed by atoms with E-state index in [4.69, 9.17) is 26.9 Å². The number of hydrogen-bond acceptors (Lipinski definition) is 4. The molecule has 98 valence electrons. The van der Waals surface area contributed by atoms with E-state index in [2.05, 4.69) is 0 Å². The third-order valence-corrected chi connectivity index (χ3v) is 3.77. The van der Waals surface area contributed by atoms with Gasteiger partial charge in [0.15, 0.2) is 11.4 Å². The summed E-state index contributed by atoms with van der Waals surface area (Å²) in [5, 5.41) is 9.90. The Bertz CT molecular complexity index is 708. The van der Waals surface area contributed by atoms with Gasteiger partial charge in [0.2, 0.25) is 0 Å². The van der Waals surface area contributed by atoms with E-state index in [9.17, 15) is 9.59 Å². The molecule has 1 aliphatic carbocycles. The van der Waals surface area contributed by atoms with Crippen molar-refractivity contribution in [2.45, 2.75) is 12.0 Å². The van der Waals surface area contributed by atoms with Crippen LogP contribution < -0.4 is 5.73 Å². The maximum Gasteiger partial charge on any atom is 0.308 e. The van der Waals surface area contributed by atoms with E-state index in [1.807, 2.05) is 0 Å². The second kappa shape index (κ2) is 3.82. The summed E-state index contributed by atoms with van der Waals surface area (Å²) in [7, 11) is 0. The first-order chi connectivity index (χ1) is 8.93. The molecule has 5 nitrogen and oxygen atoms in total. The topological polar surface area (TPSA) is 93.5 Å². The quantitative estimate of drug-likeness (QED) is 0.839. The lowest BCUT2D eigenvalue weighted by molar-refractivity contribution is -0.138. The van der Waals surface area contributed by atoms with Gasteiger partial charge in [-0.25, -0.2) is 0 Å². The van der Waals surface area contributed by atoms with Crippen molar-refractivity contribution in [3.8, 4) is 0 Å². The molecule has 1 aromatic heterocycles. The number of carbonyl (C=O) groups is 2. The second-order valence-corrected chi connectivity index (χ2v) is 5.17. The molecule has 1 aliphatic rings. The summed E-state index contributed by atoms with van der Waals surface area (Å²) < 4.78 is 5.18. The van der Waals surface area contributed by atoms with Crippen molar-refractivity contribution in [3.63, 3.8) is 0 Å². The Kier molecular flexibility index (Phi) is 2.45. The molecule has 1 aromatic carbocycles. The number of carbonyl (C=O) groups excluding carboxylic acids is 1. The van der Waals surface area contributed by atoms with Gasteiger partial charge in [-0.05, 0) is 24.6 Å². The van der Waals surface area contributed by atoms with E-state index in [1.165, 1.54) is 12.3 Å². The predicted octanol–water partition coefficient (Wildman–Crippen LogP) is 2.07. The minimum Gasteiger partial charge on any atom is -0.481 e. The summed E-state index contributed by atoms with van der Waals surface area (Å²) in [6, 6.07) is 4.75. The number of hydrogen-bond donors (Lipinski definition) is 2. The van der Waals surface area contributed by atoms with Crippen LogP contribution in [0.5, 0.6) is 0 Å². The largest absolute Gasteiger partial charge is 0.481 e. The molecule has 19 heavy (non-hydrogen) atoms. The van der Waals surface area contributed by atoms with Crippen molar-refractivity contribution in [2.24, 2.45) is 11.7 Å². The Hall–Kier alpha value is -1.85. The average molecular weight is 280 g/mol. The molecule has 0 unspecified atom stereocenters. The lowest BCUT2D eigenvalue weighted by Gasteiger charge is -2.09. The predicted molar refractivity (Wildman–Crippen MR) is 68.2 cm³/mol. The molecule has 0 radical (unpaired) electrons. The lowest BCUT2D eigenvalue weighted by atomic mass is 10.00. The minimum atomic E-state index is -1.31. The molecule has 3 rings (SSSR count). The molecule has 0 bridgehead atoms. The Morgan fingerprint density at radius 1 is 1.47 bits per heavy atom. The monoisotopic (exact) mass is 279 g/mol. The molecular weight excluding hydrogens is 270 g/mol. The van der Waals surface area contributed by atoms with E-state index in [-0.39, 0.29) is 6.42 Å². The number of rotatable bonds is 3. The van der Waals surface area contributed by atoms with Crippen LogP contribution in [0, 0.1) is 5.92 Å². The van der Waals surface area contributed by atoms with E-state index in [0.717, 1.165) is 0 Å². The summed E-state index contributed by atoms with van der Waals surface area (Å²) in [5.41, 5.74) is 5.33. The van der Waals surface area contributed by atoms with Gasteiger partial charge >= 0.3 is 5.97 Å². The number of nitrogens with two attached hydrogens (primary N) is 1. The maximum absolute atomic E-state index is 12.3.